The summed E-state index contributed by atoms with van der Waals surface area (Å²) in [5, 5.41) is 3.52. The van der Waals surface area contributed by atoms with Gasteiger partial charge in [0.15, 0.2) is 11.6 Å². The Hall–Kier alpha value is -1.28. The summed E-state index contributed by atoms with van der Waals surface area (Å²) in [7, 11) is 0. The predicted molar refractivity (Wildman–Crippen MR) is 65.2 cm³/mol. The highest BCUT2D eigenvalue weighted by molar-refractivity contribution is 9.10. The van der Waals surface area contributed by atoms with Crippen LogP contribution in [0.2, 0.25) is 5.02 Å². The zero-order chi connectivity index (χ0) is 14.0. The molecule has 0 bridgehead atoms. The maximum Gasteiger partial charge on any atom is 0.321 e. The van der Waals surface area contributed by atoms with Crippen molar-refractivity contribution < 1.29 is 17.9 Å². The van der Waals surface area contributed by atoms with Crippen molar-refractivity contribution in [3.05, 3.63) is 33.8 Å². The Morgan fingerprint density at radius 1 is 1.42 bits per heavy atom. The molecule has 1 aromatic heterocycles. The molecule has 0 saturated heterocycles. The number of rotatable bonds is 4. The molecule has 0 fully saturated rings. The standard InChI is InChI=1S/C10H6BrClF3N3O/c11-9-16-10(18(17-9)4-7(13)14)19-6-3-1-2-5(12)8(6)15/h1-3,7H,4H2. The molecule has 0 aliphatic carbocycles. The molecule has 0 N–H and O–H groups in total. The molecule has 19 heavy (non-hydrogen) atoms. The fraction of sp³-hybridized carbons (Fsp3) is 0.200. The van der Waals surface area contributed by atoms with Gasteiger partial charge in [-0.15, -0.1) is 5.10 Å². The summed E-state index contributed by atoms with van der Waals surface area (Å²) in [4.78, 5) is 3.73. The summed E-state index contributed by atoms with van der Waals surface area (Å²) in [6.07, 6.45) is -2.64. The first-order chi connectivity index (χ1) is 8.97. The Morgan fingerprint density at radius 3 is 2.84 bits per heavy atom. The van der Waals surface area contributed by atoms with E-state index in [0.29, 0.717) is 0 Å². The molecule has 0 unspecified atom stereocenters. The number of nitrogens with zero attached hydrogens (tertiary/aromatic N) is 3. The van der Waals surface area contributed by atoms with Crippen LogP contribution in [0.15, 0.2) is 22.9 Å². The molecule has 0 aliphatic rings. The van der Waals surface area contributed by atoms with E-state index in [-0.39, 0.29) is 21.5 Å². The Kier molecular flexibility index (Phi) is 4.31. The molecule has 1 heterocycles. The van der Waals surface area contributed by atoms with Crippen molar-refractivity contribution in [3.8, 4) is 11.8 Å². The Labute approximate surface area is 119 Å². The summed E-state index contributed by atoms with van der Waals surface area (Å²) in [5.41, 5.74) is 0. The third-order valence-electron chi connectivity index (χ3n) is 2.04. The van der Waals surface area contributed by atoms with Crippen LogP contribution in [0.3, 0.4) is 0 Å². The van der Waals surface area contributed by atoms with Crippen LogP contribution in [0.25, 0.3) is 0 Å². The predicted octanol–water partition coefficient (Wildman–Crippen LogP) is 3.89. The van der Waals surface area contributed by atoms with Gasteiger partial charge in [0.05, 0.1) is 5.02 Å². The van der Waals surface area contributed by atoms with E-state index in [0.717, 1.165) is 4.68 Å². The quantitative estimate of drug-likeness (QED) is 0.834. The Morgan fingerprint density at radius 2 is 2.16 bits per heavy atom. The monoisotopic (exact) mass is 355 g/mol. The van der Waals surface area contributed by atoms with E-state index >= 15 is 0 Å². The first-order valence-electron chi connectivity index (χ1n) is 4.97. The van der Waals surface area contributed by atoms with E-state index in [1.165, 1.54) is 18.2 Å². The first-order valence-corrected chi connectivity index (χ1v) is 6.15. The van der Waals surface area contributed by atoms with E-state index in [9.17, 15) is 13.2 Å². The minimum absolute atomic E-state index is 0.0607. The van der Waals surface area contributed by atoms with Crippen LogP contribution in [0.4, 0.5) is 13.2 Å². The SMILES string of the molecule is Fc1c(Cl)cccc1Oc1nc(Br)nn1CC(F)F. The van der Waals surface area contributed by atoms with Crippen LogP contribution in [0.5, 0.6) is 11.8 Å². The second-order valence-corrected chi connectivity index (χ2v) is 4.51. The molecule has 0 atom stereocenters. The third-order valence-corrected chi connectivity index (χ3v) is 2.67. The molecule has 2 rings (SSSR count). The van der Waals surface area contributed by atoms with Crippen molar-refractivity contribution in [2.45, 2.75) is 13.0 Å². The largest absolute Gasteiger partial charge is 0.421 e. The van der Waals surface area contributed by atoms with Crippen LogP contribution in [0, 0.1) is 5.82 Å². The van der Waals surface area contributed by atoms with E-state index in [4.69, 9.17) is 16.3 Å². The fourth-order valence-corrected chi connectivity index (χ4v) is 1.80. The zero-order valence-electron chi connectivity index (χ0n) is 9.16. The summed E-state index contributed by atoms with van der Waals surface area (Å²) >= 11 is 8.51. The van der Waals surface area contributed by atoms with Crippen molar-refractivity contribution in [2.75, 3.05) is 0 Å². The molecular formula is C10H6BrClF3N3O. The lowest BCUT2D eigenvalue weighted by molar-refractivity contribution is 0.117. The van der Waals surface area contributed by atoms with Gasteiger partial charge in [-0.2, -0.15) is 4.98 Å². The normalized spacial score (nSPS) is 11.1. The molecule has 9 heteroatoms. The average Bonchev–Trinajstić information content (AvgIpc) is 2.64. The molecule has 0 spiro atoms. The average molecular weight is 357 g/mol. The van der Waals surface area contributed by atoms with Crippen LogP contribution < -0.4 is 4.74 Å². The topological polar surface area (TPSA) is 39.9 Å². The van der Waals surface area contributed by atoms with Gasteiger partial charge in [-0.05, 0) is 28.1 Å². The van der Waals surface area contributed by atoms with Gasteiger partial charge in [-0.25, -0.2) is 17.9 Å². The lowest BCUT2D eigenvalue weighted by atomic mass is 10.3. The van der Waals surface area contributed by atoms with Gasteiger partial charge in [0.1, 0.15) is 6.54 Å². The van der Waals surface area contributed by atoms with Gasteiger partial charge < -0.3 is 4.74 Å². The molecule has 4 nitrogen and oxygen atoms in total. The molecule has 2 aromatic rings. The van der Waals surface area contributed by atoms with Crippen molar-refractivity contribution >= 4 is 27.5 Å². The van der Waals surface area contributed by atoms with Gasteiger partial charge in [0.2, 0.25) is 4.73 Å². The van der Waals surface area contributed by atoms with Gasteiger partial charge in [-0.3, -0.25) is 0 Å². The number of benzene rings is 1. The van der Waals surface area contributed by atoms with E-state index in [2.05, 4.69) is 26.0 Å². The number of halogens is 5. The van der Waals surface area contributed by atoms with Gasteiger partial charge >= 0.3 is 6.01 Å². The summed E-state index contributed by atoms with van der Waals surface area (Å²) in [6, 6.07) is 3.84. The maximum absolute atomic E-state index is 13.6. The van der Waals surface area contributed by atoms with Gasteiger partial charge in [0, 0.05) is 0 Å². The highest BCUT2D eigenvalue weighted by atomic mass is 79.9. The molecule has 0 amide bonds. The van der Waals surface area contributed by atoms with Crippen molar-refractivity contribution in [1.29, 1.82) is 0 Å². The third kappa shape index (κ3) is 3.38. The lowest BCUT2D eigenvalue weighted by Crippen LogP contribution is -2.09. The smallest absolute Gasteiger partial charge is 0.321 e. The fourth-order valence-electron chi connectivity index (χ4n) is 1.29. The van der Waals surface area contributed by atoms with Crippen LogP contribution in [0.1, 0.15) is 0 Å². The molecule has 102 valence electrons. The van der Waals surface area contributed by atoms with Crippen LogP contribution in [-0.2, 0) is 6.54 Å². The summed E-state index contributed by atoms with van der Waals surface area (Å²) < 4.78 is 44.3. The number of aromatic nitrogens is 3. The lowest BCUT2D eigenvalue weighted by Gasteiger charge is -2.07. The number of alkyl halides is 2. The van der Waals surface area contributed by atoms with Crippen molar-refractivity contribution in [1.82, 2.24) is 14.8 Å². The van der Waals surface area contributed by atoms with E-state index < -0.39 is 18.8 Å². The van der Waals surface area contributed by atoms with Crippen LogP contribution in [-0.4, -0.2) is 21.2 Å². The van der Waals surface area contributed by atoms with E-state index in [1.54, 1.807) is 0 Å². The second-order valence-electron chi connectivity index (χ2n) is 3.39. The molecule has 0 radical (unpaired) electrons. The molecule has 0 aliphatic heterocycles. The second kappa shape index (κ2) is 5.79. The van der Waals surface area contributed by atoms with Gasteiger partial charge in [0.25, 0.3) is 6.43 Å². The summed E-state index contributed by atoms with van der Waals surface area (Å²) in [6.45, 7) is -0.712. The highest BCUT2D eigenvalue weighted by Gasteiger charge is 2.17. The Balaban J connectivity index is 2.30. The highest BCUT2D eigenvalue weighted by Crippen LogP contribution is 2.28. The molecule has 0 saturated carbocycles. The minimum atomic E-state index is -2.64. The molecular weight excluding hydrogens is 350 g/mol. The summed E-state index contributed by atoms with van der Waals surface area (Å²) in [5.74, 6) is -1.02. The van der Waals surface area contributed by atoms with Crippen molar-refractivity contribution in [2.24, 2.45) is 0 Å². The molecule has 1 aromatic carbocycles. The number of hydrogen-bond donors (Lipinski definition) is 0. The van der Waals surface area contributed by atoms with Gasteiger partial charge in [-0.1, -0.05) is 17.7 Å². The van der Waals surface area contributed by atoms with Crippen molar-refractivity contribution in [3.63, 3.8) is 0 Å². The maximum atomic E-state index is 13.6. The minimum Gasteiger partial charge on any atom is -0.421 e. The Bertz CT molecular complexity index is 593. The first kappa shape index (κ1) is 14.1. The number of hydrogen-bond acceptors (Lipinski definition) is 3. The van der Waals surface area contributed by atoms with Crippen LogP contribution >= 0.6 is 27.5 Å². The zero-order valence-corrected chi connectivity index (χ0v) is 11.5. The number of ether oxygens (including phenoxy) is 1. The van der Waals surface area contributed by atoms with E-state index in [1.807, 2.05) is 0 Å².